The van der Waals surface area contributed by atoms with Gasteiger partial charge in [0.2, 0.25) is 5.91 Å². The second kappa shape index (κ2) is 12.3. The van der Waals surface area contributed by atoms with Crippen LogP contribution in [-0.4, -0.2) is 51.6 Å². The summed E-state index contributed by atoms with van der Waals surface area (Å²) in [6.07, 6.45) is 2.30. The summed E-state index contributed by atoms with van der Waals surface area (Å²) < 4.78 is 5.53. The van der Waals surface area contributed by atoms with Crippen molar-refractivity contribution in [1.82, 2.24) is 5.32 Å². The lowest BCUT2D eigenvalue weighted by Gasteiger charge is -2.38. The summed E-state index contributed by atoms with van der Waals surface area (Å²) in [6, 6.07) is 13.7. The Hall–Kier alpha value is -3.22. The van der Waals surface area contributed by atoms with E-state index in [0.29, 0.717) is 30.1 Å². The lowest BCUT2D eigenvalue weighted by Crippen LogP contribution is -2.47. The summed E-state index contributed by atoms with van der Waals surface area (Å²) in [6.45, 7) is 10.0. The summed E-state index contributed by atoms with van der Waals surface area (Å²) in [5, 5.41) is 5.99. The van der Waals surface area contributed by atoms with Gasteiger partial charge in [0, 0.05) is 50.5 Å². The SMILES string of the molecule is CCCCC(=O)Nc1ccc(N2CCN(c3ccccc3OC)CC2)c(C(=O)NCC(C)C)c1. The number of carbonyl (C=O) groups is 2. The number of anilines is 3. The number of methoxy groups -OCH3 is 1. The zero-order valence-electron chi connectivity index (χ0n) is 20.9. The number of para-hydroxylation sites is 2. The van der Waals surface area contributed by atoms with Crippen molar-refractivity contribution in [3.05, 3.63) is 48.0 Å². The van der Waals surface area contributed by atoms with Gasteiger partial charge in [0.15, 0.2) is 0 Å². The van der Waals surface area contributed by atoms with E-state index in [1.165, 1.54) is 0 Å². The number of unbranched alkanes of at least 4 members (excludes halogenated alkanes) is 1. The Labute approximate surface area is 203 Å². The van der Waals surface area contributed by atoms with E-state index in [1.807, 2.05) is 30.3 Å². The van der Waals surface area contributed by atoms with Crippen LogP contribution in [0.4, 0.5) is 17.1 Å². The minimum atomic E-state index is -0.111. The van der Waals surface area contributed by atoms with Crippen LogP contribution in [0.1, 0.15) is 50.4 Å². The number of hydrogen-bond donors (Lipinski definition) is 2. The maximum Gasteiger partial charge on any atom is 0.253 e. The number of rotatable bonds is 10. The van der Waals surface area contributed by atoms with Gasteiger partial charge in [-0.1, -0.05) is 39.3 Å². The zero-order chi connectivity index (χ0) is 24.5. The first-order chi connectivity index (χ1) is 16.4. The number of amides is 2. The molecule has 0 bridgehead atoms. The molecule has 1 saturated heterocycles. The lowest BCUT2D eigenvalue weighted by atomic mass is 10.1. The van der Waals surface area contributed by atoms with Crippen molar-refractivity contribution in [2.24, 2.45) is 5.92 Å². The minimum absolute atomic E-state index is 0.0199. The predicted molar refractivity (Wildman–Crippen MR) is 139 cm³/mol. The molecule has 1 fully saturated rings. The van der Waals surface area contributed by atoms with Gasteiger partial charge in [0.25, 0.3) is 5.91 Å². The molecule has 0 atom stereocenters. The molecule has 7 nitrogen and oxygen atoms in total. The highest BCUT2D eigenvalue weighted by Gasteiger charge is 2.24. The number of nitrogens with zero attached hydrogens (tertiary/aromatic N) is 2. The van der Waals surface area contributed by atoms with Gasteiger partial charge in [-0.25, -0.2) is 0 Å². The molecule has 0 radical (unpaired) electrons. The Morgan fingerprint density at radius 1 is 1.00 bits per heavy atom. The average molecular weight is 467 g/mol. The summed E-state index contributed by atoms with van der Waals surface area (Å²) in [5.41, 5.74) is 3.24. The zero-order valence-corrected chi connectivity index (χ0v) is 20.9. The van der Waals surface area contributed by atoms with Crippen LogP contribution in [0.2, 0.25) is 0 Å². The maximum absolute atomic E-state index is 13.1. The number of nitrogens with one attached hydrogen (secondary N) is 2. The highest BCUT2D eigenvalue weighted by Crippen LogP contribution is 2.31. The maximum atomic E-state index is 13.1. The van der Waals surface area contributed by atoms with Crippen molar-refractivity contribution >= 4 is 28.9 Å². The molecule has 0 aromatic heterocycles. The van der Waals surface area contributed by atoms with Gasteiger partial charge in [-0.05, 0) is 42.7 Å². The molecule has 0 unspecified atom stereocenters. The molecule has 2 aromatic carbocycles. The molecule has 7 heteroatoms. The number of piperazine rings is 1. The Morgan fingerprint density at radius 3 is 2.32 bits per heavy atom. The molecule has 1 aliphatic rings. The van der Waals surface area contributed by atoms with Crippen LogP contribution < -0.4 is 25.2 Å². The fourth-order valence-corrected chi connectivity index (χ4v) is 4.10. The van der Waals surface area contributed by atoms with Gasteiger partial charge in [0.1, 0.15) is 5.75 Å². The largest absolute Gasteiger partial charge is 0.495 e. The van der Waals surface area contributed by atoms with Gasteiger partial charge >= 0.3 is 0 Å². The van der Waals surface area contributed by atoms with Crippen LogP contribution >= 0.6 is 0 Å². The number of ether oxygens (including phenoxy) is 1. The molecule has 184 valence electrons. The molecule has 1 aliphatic heterocycles. The van der Waals surface area contributed by atoms with E-state index >= 15 is 0 Å². The predicted octanol–water partition coefficient (Wildman–Crippen LogP) is 4.54. The normalized spacial score (nSPS) is 13.7. The number of carbonyl (C=O) groups excluding carboxylic acids is 2. The van der Waals surface area contributed by atoms with Gasteiger partial charge in [0.05, 0.1) is 18.4 Å². The Morgan fingerprint density at radius 2 is 1.68 bits per heavy atom. The van der Waals surface area contributed by atoms with E-state index < -0.39 is 0 Å². The minimum Gasteiger partial charge on any atom is -0.495 e. The molecule has 2 aromatic rings. The molecule has 3 rings (SSSR count). The van der Waals surface area contributed by atoms with Crippen LogP contribution in [-0.2, 0) is 4.79 Å². The molecule has 2 amide bonds. The summed E-state index contributed by atoms with van der Waals surface area (Å²) in [4.78, 5) is 29.9. The molecule has 2 N–H and O–H groups in total. The van der Waals surface area contributed by atoms with E-state index in [-0.39, 0.29) is 11.8 Å². The van der Waals surface area contributed by atoms with Gasteiger partial charge in [-0.2, -0.15) is 0 Å². The summed E-state index contributed by atoms with van der Waals surface area (Å²) in [7, 11) is 1.69. The Bertz CT molecular complexity index is 968. The van der Waals surface area contributed by atoms with Crippen LogP contribution in [0.3, 0.4) is 0 Å². The van der Waals surface area contributed by atoms with Crippen LogP contribution in [0.25, 0.3) is 0 Å². The number of benzene rings is 2. The van der Waals surface area contributed by atoms with E-state index in [9.17, 15) is 9.59 Å². The molecule has 34 heavy (non-hydrogen) atoms. The molecular formula is C27H38N4O3. The van der Waals surface area contributed by atoms with Crippen molar-refractivity contribution in [2.45, 2.75) is 40.0 Å². The lowest BCUT2D eigenvalue weighted by molar-refractivity contribution is -0.116. The summed E-state index contributed by atoms with van der Waals surface area (Å²) in [5.74, 6) is 1.09. The van der Waals surface area contributed by atoms with Crippen molar-refractivity contribution in [3.63, 3.8) is 0 Å². The summed E-state index contributed by atoms with van der Waals surface area (Å²) >= 11 is 0. The third-order valence-electron chi connectivity index (χ3n) is 6.00. The molecular weight excluding hydrogens is 428 g/mol. The quantitative estimate of drug-likeness (QED) is 0.538. The monoisotopic (exact) mass is 466 g/mol. The molecule has 0 spiro atoms. The van der Waals surface area contributed by atoms with Gasteiger partial charge in [-0.15, -0.1) is 0 Å². The Balaban J connectivity index is 1.78. The van der Waals surface area contributed by atoms with Gasteiger partial charge in [-0.3, -0.25) is 9.59 Å². The van der Waals surface area contributed by atoms with Crippen molar-refractivity contribution in [2.75, 3.05) is 55.0 Å². The number of hydrogen-bond acceptors (Lipinski definition) is 5. The van der Waals surface area contributed by atoms with Crippen LogP contribution in [0.5, 0.6) is 5.75 Å². The standard InChI is InChI=1S/C27H38N4O3/c1-5-6-11-26(32)29-21-12-13-23(22(18-21)27(33)28-19-20(2)3)30-14-16-31(17-15-30)24-9-7-8-10-25(24)34-4/h7-10,12-13,18,20H,5-6,11,14-17,19H2,1-4H3,(H,28,33)(H,29,32). The van der Waals surface area contributed by atoms with Crippen LogP contribution in [0, 0.1) is 5.92 Å². The van der Waals surface area contributed by atoms with E-state index in [2.05, 4.69) is 47.3 Å². The molecule has 0 aliphatic carbocycles. The first kappa shape index (κ1) is 25.4. The van der Waals surface area contributed by atoms with Crippen molar-refractivity contribution in [3.8, 4) is 5.75 Å². The van der Waals surface area contributed by atoms with Crippen molar-refractivity contribution in [1.29, 1.82) is 0 Å². The first-order valence-corrected chi connectivity index (χ1v) is 12.3. The molecule has 1 heterocycles. The van der Waals surface area contributed by atoms with E-state index in [1.54, 1.807) is 13.2 Å². The van der Waals surface area contributed by atoms with E-state index in [4.69, 9.17) is 4.74 Å². The van der Waals surface area contributed by atoms with E-state index in [0.717, 1.165) is 56.1 Å². The Kier molecular flexibility index (Phi) is 9.19. The average Bonchev–Trinajstić information content (AvgIpc) is 2.86. The second-order valence-corrected chi connectivity index (χ2v) is 9.13. The fourth-order valence-electron chi connectivity index (χ4n) is 4.10. The second-order valence-electron chi connectivity index (χ2n) is 9.13. The fraction of sp³-hybridized carbons (Fsp3) is 0.481. The molecule has 0 saturated carbocycles. The van der Waals surface area contributed by atoms with Gasteiger partial charge < -0.3 is 25.2 Å². The topological polar surface area (TPSA) is 73.9 Å². The van der Waals surface area contributed by atoms with Crippen LogP contribution in [0.15, 0.2) is 42.5 Å². The highest BCUT2D eigenvalue weighted by molar-refractivity contribution is 6.02. The van der Waals surface area contributed by atoms with Crippen molar-refractivity contribution < 1.29 is 14.3 Å². The smallest absolute Gasteiger partial charge is 0.253 e. The third kappa shape index (κ3) is 6.65. The third-order valence-corrected chi connectivity index (χ3v) is 6.00. The first-order valence-electron chi connectivity index (χ1n) is 12.3. The highest BCUT2D eigenvalue weighted by atomic mass is 16.5.